The molecule has 1 aromatic carbocycles. The number of rotatable bonds is 4. The highest BCUT2D eigenvalue weighted by molar-refractivity contribution is 5.94. The molecule has 0 aliphatic carbocycles. The van der Waals surface area contributed by atoms with Crippen LogP contribution in [0.2, 0.25) is 0 Å². The number of nitrogens with one attached hydrogen (secondary N) is 2. The van der Waals surface area contributed by atoms with E-state index in [9.17, 15) is 9.59 Å². The van der Waals surface area contributed by atoms with Gasteiger partial charge in [0.05, 0.1) is 5.52 Å². The monoisotopic (exact) mass is 310 g/mol. The number of amides is 1. The fourth-order valence-corrected chi connectivity index (χ4v) is 2.58. The number of H-pyrrole nitrogens is 1. The van der Waals surface area contributed by atoms with Crippen molar-refractivity contribution in [2.45, 2.75) is 26.3 Å². The molecule has 6 heteroatoms. The van der Waals surface area contributed by atoms with Gasteiger partial charge in [0.25, 0.3) is 0 Å². The Kier molecular flexibility index (Phi) is 3.97. The molecule has 0 aliphatic heterocycles. The molecule has 0 bridgehead atoms. The molecular weight excluding hydrogens is 292 g/mol. The number of nitrogens with zero attached hydrogens (tertiary/aromatic N) is 2. The Morgan fingerprint density at radius 1 is 1.35 bits per heavy atom. The topological polar surface area (TPSA) is 79.8 Å². The first-order valence-corrected chi connectivity index (χ1v) is 7.47. The van der Waals surface area contributed by atoms with E-state index in [4.69, 9.17) is 0 Å². The summed E-state index contributed by atoms with van der Waals surface area (Å²) in [6.07, 6.45) is 3.36. The van der Waals surface area contributed by atoms with Crippen LogP contribution in [0.15, 0.2) is 47.5 Å². The largest absolute Gasteiger partial charge is 0.324 e. The number of carbonyl (C=O) groups excluding carboxylic acids is 1. The Hall–Kier alpha value is -2.89. The Bertz CT molecular complexity index is 895. The number of carbonyl (C=O) groups is 1. The number of benzene rings is 1. The van der Waals surface area contributed by atoms with E-state index in [0.717, 1.165) is 16.5 Å². The maximum atomic E-state index is 12.0. The van der Waals surface area contributed by atoms with Crippen LogP contribution in [0.4, 0.5) is 5.69 Å². The van der Waals surface area contributed by atoms with Crippen molar-refractivity contribution in [2.75, 3.05) is 5.32 Å². The summed E-state index contributed by atoms with van der Waals surface area (Å²) in [6, 6.07) is 8.94. The minimum Gasteiger partial charge on any atom is -0.324 e. The van der Waals surface area contributed by atoms with Gasteiger partial charge in [-0.1, -0.05) is 19.9 Å². The number of hydrogen-bond acceptors (Lipinski definition) is 3. The van der Waals surface area contributed by atoms with Gasteiger partial charge >= 0.3 is 0 Å². The number of aromatic amines is 1. The van der Waals surface area contributed by atoms with Crippen molar-refractivity contribution in [1.82, 2.24) is 14.8 Å². The second-order valence-corrected chi connectivity index (χ2v) is 5.76. The molecule has 3 rings (SSSR count). The molecule has 23 heavy (non-hydrogen) atoms. The SMILES string of the molecule is CC(C)c1cc(=O)[nH]c2cc(NC(=O)Cn3cccn3)ccc12. The molecule has 0 aliphatic rings. The predicted molar refractivity (Wildman–Crippen MR) is 89.5 cm³/mol. The van der Waals surface area contributed by atoms with Gasteiger partial charge in [0.1, 0.15) is 6.54 Å². The Labute approximate surface area is 133 Å². The molecule has 0 fully saturated rings. The molecule has 2 aromatic heterocycles. The number of aromatic nitrogens is 3. The average Bonchev–Trinajstić information content (AvgIpc) is 2.98. The van der Waals surface area contributed by atoms with Crippen molar-refractivity contribution < 1.29 is 4.79 Å². The van der Waals surface area contributed by atoms with E-state index in [0.29, 0.717) is 5.69 Å². The Balaban J connectivity index is 1.88. The summed E-state index contributed by atoms with van der Waals surface area (Å²) in [5.74, 6) is 0.0791. The van der Waals surface area contributed by atoms with Gasteiger partial charge in [-0.15, -0.1) is 0 Å². The zero-order chi connectivity index (χ0) is 16.4. The van der Waals surface area contributed by atoms with E-state index in [1.807, 2.05) is 26.0 Å². The summed E-state index contributed by atoms with van der Waals surface area (Å²) < 4.78 is 1.55. The highest BCUT2D eigenvalue weighted by Crippen LogP contribution is 2.24. The third kappa shape index (κ3) is 3.31. The Morgan fingerprint density at radius 3 is 2.87 bits per heavy atom. The quantitative estimate of drug-likeness (QED) is 0.777. The Morgan fingerprint density at radius 2 is 2.17 bits per heavy atom. The van der Waals surface area contributed by atoms with Crippen molar-refractivity contribution in [1.29, 1.82) is 0 Å². The molecule has 0 radical (unpaired) electrons. The van der Waals surface area contributed by atoms with Crippen LogP contribution in [-0.4, -0.2) is 20.7 Å². The minimum atomic E-state index is -0.171. The summed E-state index contributed by atoms with van der Waals surface area (Å²) in [4.78, 5) is 26.6. The van der Waals surface area contributed by atoms with Gasteiger partial charge in [-0.05, 0) is 29.7 Å². The molecule has 0 saturated carbocycles. The van der Waals surface area contributed by atoms with Gasteiger partial charge < -0.3 is 10.3 Å². The van der Waals surface area contributed by atoms with Crippen molar-refractivity contribution in [2.24, 2.45) is 0 Å². The van der Waals surface area contributed by atoms with Gasteiger partial charge in [-0.3, -0.25) is 14.3 Å². The highest BCUT2D eigenvalue weighted by Gasteiger charge is 2.09. The maximum absolute atomic E-state index is 12.0. The van der Waals surface area contributed by atoms with Crippen LogP contribution >= 0.6 is 0 Å². The van der Waals surface area contributed by atoms with Gasteiger partial charge in [0.2, 0.25) is 11.5 Å². The lowest BCUT2D eigenvalue weighted by molar-refractivity contribution is -0.116. The standard InChI is InChI=1S/C17H18N4O2/c1-11(2)14-9-16(22)20-15-8-12(4-5-13(14)15)19-17(23)10-21-7-3-6-18-21/h3-9,11H,10H2,1-2H3,(H,19,23)(H,20,22). The van der Waals surface area contributed by atoms with E-state index in [1.165, 1.54) is 0 Å². The molecule has 1 amide bonds. The van der Waals surface area contributed by atoms with Gasteiger partial charge in [-0.2, -0.15) is 5.10 Å². The fourth-order valence-electron chi connectivity index (χ4n) is 2.58. The van der Waals surface area contributed by atoms with Crippen LogP contribution in [0.5, 0.6) is 0 Å². The second kappa shape index (κ2) is 6.08. The van der Waals surface area contributed by atoms with Crippen LogP contribution in [0.1, 0.15) is 25.3 Å². The third-order valence-electron chi connectivity index (χ3n) is 3.65. The molecule has 0 saturated heterocycles. The lowest BCUT2D eigenvalue weighted by Gasteiger charge is -2.11. The summed E-state index contributed by atoms with van der Waals surface area (Å²) in [5.41, 5.74) is 2.23. The molecule has 3 aromatic rings. The number of pyridine rings is 1. The molecule has 6 nitrogen and oxygen atoms in total. The van der Waals surface area contributed by atoms with Crippen LogP contribution in [-0.2, 0) is 11.3 Å². The van der Waals surface area contributed by atoms with Gasteiger partial charge in [0.15, 0.2) is 0 Å². The first kappa shape index (κ1) is 15.0. The van der Waals surface area contributed by atoms with E-state index in [2.05, 4.69) is 15.4 Å². The van der Waals surface area contributed by atoms with E-state index < -0.39 is 0 Å². The molecule has 0 unspecified atom stereocenters. The molecular formula is C17H18N4O2. The predicted octanol–water partition coefficient (Wildman–Crippen LogP) is 2.49. The van der Waals surface area contributed by atoms with Crippen LogP contribution < -0.4 is 10.9 Å². The summed E-state index contributed by atoms with van der Waals surface area (Å²) >= 11 is 0. The molecule has 2 heterocycles. The summed E-state index contributed by atoms with van der Waals surface area (Å²) in [5, 5.41) is 7.81. The van der Waals surface area contributed by atoms with E-state index in [-0.39, 0.29) is 23.9 Å². The molecule has 0 atom stereocenters. The minimum absolute atomic E-state index is 0.138. The maximum Gasteiger partial charge on any atom is 0.248 e. The lowest BCUT2D eigenvalue weighted by atomic mass is 9.99. The first-order chi connectivity index (χ1) is 11.0. The first-order valence-electron chi connectivity index (χ1n) is 7.47. The van der Waals surface area contributed by atoms with E-state index >= 15 is 0 Å². The van der Waals surface area contributed by atoms with Gasteiger partial charge in [0, 0.05) is 29.5 Å². The smallest absolute Gasteiger partial charge is 0.248 e. The van der Waals surface area contributed by atoms with Crippen LogP contribution in [0.3, 0.4) is 0 Å². The van der Waals surface area contributed by atoms with Crippen LogP contribution in [0.25, 0.3) is 10.9 Å². The number of anilines is 1. The molecule has 2 N–H and O–H groups in total. The number of hydrogen-bond donors (Lipinski definition) is 2. The summed E-state index contributed by atoms with van der Waals surface area (Å²) in [6.45, 7) is 4.25. The van der Waals surface area contributed by atoms with Crippen LogP contribution in [0, 0.1) is 0 Å². The zero-order valence-corrected chi connectivity index (χ0v) is 13.0. The average molecular weight is 310 g/mol. The van der Waals surface area contributed by atoms with E-state index in [1.54, 1.807) is 35.3 Å². The van der Waals surface area contributed by atoms with Crippen molar-refractivity contribution >= 4 is 22.5 Å². The van der Waals surface area contributed by atoms with Gasteiger partial charge in [-0.25, -0.2) is 0 Å². The zero-order valence-electron chi connectivity index (χ0n) is 13.0. The second-order valence-electron chi connectivity index (χ2n) is 5.76. The lowest BCUT2D eigenvalue weighted by Crippen LogP contribution is -2.19. The third-order valence-corrected chi connectivity index (χ3v) is 3.65. The fraction of sp³-hybridized carbons (Fsp3) is 0.235. The molecule has 118 valence electrons. The number of fused-ring (bicyclic) bond motifs is 1. The van der Waals surface area contributed by atoms with Crippen molar-refractivity contribution in [3.8, 4) is 0 Å². The summed E-state index contributed by atoms with van der Waals surface area (Å²) in [7, 11) is 0. The highest BCUT2D eigenvalue weighted by atomic mass is 16.2. The normalized spacial score (nSPS) is 11.1. The molecule has 0 spiro atoms. The van der Waals surface area contributed by atoms with Crippen molar-refractivity contribution in [3.63, 3.8) is 0 Å². The van der Waals surface area contributed by atoms with Crippen molar-refractivity contribution in [3.05, 3.63) is 58.6 Å².